The highest BCUT2D eigenvalue weighted by Gasteiger charge is 2.33. The second kappa shape index (κ2) is 6.05. The molecule has 2 aromatic carbocycles. The van der Waals surface area contributed by atoms with Gasteiger partial charge in [-0.05, 0) is 55.0 Å². The van der Waals surface area contributed by atoms with E-state index in [4.69, 9.17) is 0 Å². The summed E-state index contributed by atoms with van der Waals surface area (Å²) in [6.45, 7) is 13.7. The van der Waals surface area contributed by atoms with Crippen LogP contribution >= 0.6 is 0 Å². The Balaban J connectivity index is 2.52. The minimum Gasteiger partial charge on any atom is -0.0645 e. The SMILES string of the molecule is CC[C](c1ccccc1)C(C)(C)c1ccc(C)c(C)c1C. The van der Waals surface area contributed by atoms with Gasteiger partial charge in [0, 0.05) is 11.3 Å². The minimum absolute atomic E-state index is 0.0542. The second-order valence-corrected chi connectivity index (χ2v) is 6.50. The third kappa shape index (κ3) is 2.90. The maximum absolute atomic E-state index is 2.36. The molecule has 0 heterocycles. The quantitative estimate of drug-likeness (QED) is 0.651. The zero-order valence-electron chi connectivity index (χ0n) is 14.2. The number of hydrogen-bond acceptors (Lipinski definition) is 0. The number of aryl methyl sites for hydroxylation is 1. The van der Waals surface area contributed by atoms with Crippen molar-refractivity contribution >= 4 is 0 Å². The lowest BCUT2D eigenvalue weighted by Crippen LogP contribution is -2.28. The fraction of sp³-hybridized carbons (Fsp3) is 0.381. The summed E-state index contributed by atoms with van der Waals surface area (Å²) in [4.78, 5) is 0. The molecule has 21 heavy (non-hydrogen) atoms. The van der Waals surface area contributed by atoms with Crippen LogP contribution in [-0.2, 0) is 5.41 Å². The highest BCUT2D eigenvalue weighted by Crippen LogP contribution is 2.42. The minimum atomic E-state index is 0.0542. The van der Waals surface area contributed by atoms with E-state index >= 15 is 0 Å². The van der Waals surface area contributed by atoms with Crippen LogP contribution in [0.1, 0.15) is 55.0 Å². The lowest BCUT2D eigenvalue weighted by molar-refractivity contribution is 0.531. The average Bonchev–Trinajstić information content (AvgIpc) is 2.46. The van der Waals surface area contributed by atoms with Crippen molar-refractivity contribution < 1.29 is 0 Å². The molecule has 0 spiro atoms. The van der Waals surface area contributed by atoms with E-state index in [1.165, 1.54) is 33.7 Å². The summed E-state index contributed by atoms with van der Waals surface area (Å²) in [7, 11) is 0. The van der Waals surface area contributed by atoms with E-state index in [1.807, 2.05) is 0 Å². The van der Waals surface area contributed by atoms with Gasteiger partial charge in [0.25, 0.3) is 0 Å². The van der Waals surface area contributed by atoms with Gasteiger partial charge in [0.15, 0.2) is 0 Å². The smallest absolute Gasteiger partial charge is 0.0147 e. The van der Waals surface area contributed by atoms with Gasteiger partial charge in [-0.3, -0.25) is 0 Å². The van der Waals surface area contributed by atoms with Crippen molar-refractivity contribution in [1.29, 1.82) is 0 Å². The Labute approximate surface area is 130 Å². The summed E-state index contributed by atoms with van der Waals surface area (Å²) < 4.78 is 0. The highest BCUT2D eigenvalue weighted by molar-refractivity contribution is 5.49. The van der Waals surface area contributed by atoms with E-state index in [-0.39, 0.29) is 5.41 Å². The zero-order valence-corrected chi connectivity index (χ0v) is 14.2. The molecular weight excluding hydrogens is 252 g/mol. The molecule has 2 aromatic rings. The molecule has 0 heteroatoms. The van der Waals surface area contributed by atoms with Crippen LogP contribution in [0.2, 0.25) is 0 Å². The average molecular weight is 279 g/mol. The Hall–Kier alpha value is -1.56. The van der Waals surface area contributed by atoms with Crippen LogP contribution in [0, 0.1) is 26.7 Å². The van der Waals surface area contributed by atoms with Gasteiger partial charge < -0.3 is 0 Å². The van der Waals surface area contributed by atoms with Gasteiger partial charge in [-0.25, -0.2) is 0 Å². The van der Waals surface area contributed by atoms with Crippen molar-refractivity contribution in [3.05, 3.63) is 76.2 Å². The van der Waals surface area contributed by atoms with Gasteiger partial charge in [0.2, 0.25) is 0 Å². The molecule has 0 saturated heterocycles. The van der Waals surface area contributed by atoms with E-state index in [0.29, 0.717) is 0 Å². The predicted octanol–water partition coefficient (Wildman–Crippen LogP) is 5.92. The molecule has 0 nitrogen and oxygen atoms in total. The molecular formula is C21H27. The zero-order chi connectivity index (χ0) is 15.6. The largest absolute Gasteiger partial charge is 0.0645 e. The van der Waals surface area contributed by atoms with Gasteiger partial charge in [0.1, 0.15) is 0 Å². The highest BCUT2D eigenvalue weighted by atomic mass is 14.4. The number of hydrogen-bond donors (Lipinski definition) is 0. The first-order chi connectivity index (χ1) is 9.89. The molecule has 111 valence electrons. The van der Waals surface area contributed by atoms with Gasteiger partial charge >= 0.3 is 0 Å². The van der Waals surface area contributed by atoms with Crippen molar-refractivity contribution in [1.82, 2.24) is 0 Å². The molecule has 0 amide bonds. The van der Waals surface area contributed by atoms with E-state index in [2.05, 4.69) is 84.0 Å². The van der Waals surface area contributed by atoms with Crippen LogP contribution in [0.25, 0.3) is 0 Å². The number of benzene rings is 2. The lowest BCUT2D eigenvalue weighted by Gasteiger charge is -2.36. The van der Waals surface area contributed by atoms with Crippen LogP contribution in [0.5, 0.6) is 0 Å². The van der Waals surface area contributed by atoms with Crippen LogP contribution < -0.4 is 0 Å². The summed E-state index contributed by atoms with van der Waals surface area (Å²) >= 11 is 0. The van der Waals surface area contributed by atoms with Crippen molar-refractivity contribution in [2.45, 2.75) is 53.4 Å². The van der Waals surface area contributed by atoms with E-state index < -0.39 is 0 Å². The summed E-state index contributed by atoms with van der Waals surface area (Å²) in [6, 6.07) is 15.4. The van der Waals surface area contributed by atoms with Crippen molar-refractivity contribution in [2.75, 3.05) is 0 Å². The van der Waals surface area contributed by atoms with E-state index in [0.717, 1.165) is 6.42 Å². The Morgan fingerprint density at radius 1 is 0.857 bits per heavy atom. The predicted molar refractivity (Wildman–Crippen MR) is 92.8 cm³/mol. The van der Waals surface area contributed by atoms with Crippen molar-refractivity contribution in [3.63, 3.8) is 0 Å². The fourth-order valence-electron chi connectivity index (χ4n) is 3.44. The first-order valence-electron chi connectivity index (χ1n) is 7.88. The summed E-state index contributed by atoms with van der Waals surface area (Å²) in [5.41, 5.74) is 7.10. The van der Waals surface area contributed by atoms with Crippen molar-refractivity contribution in [3.8, 4) is 0 Å². The first-order valence-corrected chi connectivity index (χ1v) is 7.88. The van der Waals surface area contributed by atoms with Crippen LogP contribution in [0.15, 0.2) is 42.5 Å². The van der Waals surface area contributed by atoms with Crippen LogP contribution in [-0.4, -0.2) is 0 Å². The monoisotopic (exact) mass is 279 g/mol. The lowest BCUT2D eigenvalue weighted by atomic mass is 9.67. The molecule has 0 aliphatic heterocycles. The maximum atomic E-state index is 2.36. The van der Waals surface area contributed by atoms with Gasteiger partial charge in [-0.15, -0.1) is 0 Å². The summed E-state index contributed by atoms with van der Waals surface area (Å²) in [5, 5.41) is 0. The van der Waals surface area contributed by atoms with Gasteiger partial charge in [-0.1, -0.05) is 63.2 Å². The molecule has 2 rings (SSSR count). The molecule has 0 N–H and O–H groups in total. The molecule has 0 unspecified atom stereocenters. The molecule has 1 radical (unpaired) electrons. The molecule has 0 bridgehead atoms. The Kier molecular flexibility index (Phi) is 4.56. The molecule has 0 aliphatic rings. The normalized spacial score (nSPS) is 12.0. The van der Waals surface area contributed by atoms with Crippen molar-refractivity contribution in [2.24, 2.45) is 0 Å². The Bertz CT molecular complexity index is 605. The van der Waals surface area contributed by atoms with E-state index in [9.17, 15) is 0 Å². The topological polar surface area (TPSA) is 0 Å². The first kappa shape index (κ1) is 15.8. The molecule has 0 aliphatic carbocycles. The second-order valence-electron chi connectivity index (χ2n) is 6.50. The molecule has 0 fully saturated rings. The summed E-state index contributed by atoms with van der Waals surface area (Å²) in [5.74, 6) is 1.51. The molecule has 0 aromatic heterocycles. The molecule has 0 saturated carbocycles. The Morgan fingerprint density at radius 2 is 1.48 bits per heavy atom. The fourth-order valence-corrected chi connectivity index (χ4v) is 3.44. The van der Waals surface area contributed by atoms with Crippen LogP contribution in [0.3, 0.4) is 0 Å². The molecule has 0 atom stereocenters. The third-order valence-corrected chi connectivity index (χ3v) is 4.96. The van der Waals surface area contributed by atoms with Gasteiger partial charge in [-0.2, -0.15) is 0 Å². The Morgan fingerprint density at radius 3 is 2.05 bits per heavy atom. The maximum Gasteiger partial charge on any atom is 0.0147 e. The number of rotatable bonds is 4. The van der Waals surface area contributed by atoms with E-state index in [1.54, 1.807) is 0 Å². The van der Waals surface area contributed by atoms with Gasteiger partial charge in [0.05, 0.1) is 0 Å². The third-order valence-electron chi connectivity index (χ3n) is 4.96. The standard InChI is InChI=1S/C21H27/c1-7-19(18-11-9-8-10-12-18)21(5,6)20-14-13-15(2)16(3)17(20)4/h8-14H,7H2,1-6H3. The van der Waals surface area contributed by atoms with Crippen LogP contribution in [0.4, 0.5) is 0 Å². The summed E-state index contributed by atoms with van der Waals surface area (Å²) in [6.07, 6.45) is 1.07.